The molecule has 3 N–H and O–H groups in total. The number of likely N-dealkylation sites (tertiary alicyclic amines) is 1. The molecule has 0 unspecified atom stereocenters. The van der Waals surface area contributed by atoms with E-state index in [1.54, 1.807) is 11.3 Å². The highest BCUT2D eigenvalue weighted by molar-refractivity contribution is 7.13. The van der Waals surface area contributed by atoms with Crippen LogP contribution in [0.1, 0.15) is 50.4 Å². The number of nitrogens with zero attached hydrogens (tertiary/aromatic N) is 2. The molecule has 282 valence electrons. The van der Waals surface area contributed by atoms with E-state index in [1.165, 1.54) is 4.90 Å². The Kier molecular flexibility index (Phi) is 15.7. The Hall–Kier alpha value is -4.21. The van der Waals surface area contributed by atoms with Gasteiger partial charge in [-0.05, 0) is 29.0 Å². The van der Waals surface area contributed by atoms with Crippen molar-refractivity contribution in [3.05, 3.63) is 76.9 Å². The summed E-state index contributed by atoms with van der Waals surface area (Å²) in [6.45, 7) is 8.73. The molecular formula is C38H50N4O9S. The highest BCUT2D eigenvalue weighted by atomic mass is 32.1. The molecule has 13 nitrogen and oxygen atoms in total. The van der Waals surface area contributed by atoms with Gasteiger partial charge in [-0.3, -0.25) is 19.2 Å². The van der Waals surface area contributed by atoms with Crippen molar-refractivity contribution in [3.8, 4) is 10.4 Å². The van der Waals surface area contributed by atoms with E-state index < -0.39 is 35.4 Å². The summed E-state index contributed by atoms with van der Waals surface area (Å²) in [5, 5.41) is 16.1. The standard InChI is InChI=1S/C38H50N4O9S/c1-26-34(52-25-40-26)29-12-10-27(11-13-29)21-39-36(46)31-20-30(43)22-42(31)37(47)35(38(2,3)4)41-32(44)24-50-19-18-49-17-16-48-15-14-33(45)51-23-28-8-6-5-7-9-28/h5-13,25,30-31,35,43H,14-24H2,1-4H3,(H,39,46)(H,41,44)/t30-,31+,35-/m1/s1. The van der Waals surface area contributed by atoms with E-state index >= 15 is 0 Å². The number of aromatic nitrogens is 1. The maximum atomic E-state index is 13.8. The number of benzene rings is 2. The number of esters is 1. The Morgan fingerprint density at radius 2 is 1.62 bits per heavy atom. The van der Waals surface area contributed by atoms with E-state index in [0.29, 0.717) is 0 Å². The van der Waals surface area contributed by atoms with Crippen molar-refractivity contribution in [1.29, 1.82) is 0 Å². The largest absolute Gasteiger partial charge is 0.461 e. The number of hydrogen-bond donors (Lipinski definition) is 3. The predicted molar refractivity (Wildman–Crippen MR) is 195 cm³/mol. The van der Waals surface area contributed by atoms with Crippen molar-refractivity contribution in [1.82, 2.24) is 20.5 Å². The van der Waals surface area contributed by atoms with Gasteiger partial charge in [-0.25, -0.2) is 4.98 Å². The third kappa shape index (κ3) is 12.8. The summed E-state index contributed by atoms with van der Waals surface area (Å²) < 4.78 is 21.5. The van der Waals surface area contributed by atoms with Gasteiger partial charge in [0, 0.05) is 19.5 Å². The van der Waals surface area contributed by atoms with Crippen LogP contribution in [-0.2, 0) is 51.3 Å². The first-order valence-corrected chi connectivity index (χ1v) is 18.3. The topological polar surface area (TPSA) is 166 Å². The monoisotopic (exact) mass is 738 g/mol. The highest BCUT2D eigenvalue weighted by Gasteiger charge is 2.44. The number of nitrogens with one attached hydrogen (secondary N) is 2. The average Bonchev–Trinajstić information content (AvgIpc) is 3.74. The molecule has 0 saturated carbocycles. The molecule has 3 amide bonds. The highest BCUT2D eigenvalue weighted by Crippen LogP contribution is 2.28. The lowest BCUT2D eigenvalue weighted by molar-refractivity contribution is -0.146. The normalized spacial score (nSPS) is 16.4. The van der Waals surface area contributed by atoms with Crippen molar-refractivity contribution in [2.24, 2.45) is 5.41 Å². The van der Waals surface area contributed by atoms with Crippen LogP contribution in [0.2, 0.25) is 0 Å². The van der Waals surface area contributed by atoms with Gasteiger partial charge in [-0.2, -0.15) is 0 Å². The third-order valence-electron chi connectivity index (χ3n) is 8.38. The number of β-amino-alcohol motifs (C(OH)–C–C–N with tert-alkyl or cyclic N) is 1. The zero-order chi connectivity index (χ0) is 37.5. The van der Waals surface area contributed by atoms with E-state index in [-0.39, 0.29) is 84.1 Å². The maximum absolute atomic E-state index is 13.8. The first kappa shape index (κ1) is 40.6. The predicted octanol–water partition coefficient (Wildman–Crippen LogP) is 3.41. The molecule has 3 aromatic rings. The molecule has 4 rings (SSSR count). The molecule has 2 heterocycles. The fourth-order valence-corrected chi connectivity index (χ4v) is 6.37. The first-order chi connectivity index (χ1) is 24.9. The zero-order valence-electron chi connectivity index (χ0n) is 30.3. The molecule has 2 aromatic carbocycles. The van der Waals surface area contributed by atoms with Gasteiger partial charge in [0.25, 0.3) is 0 Å². The average molecular weight is 739 g/mol. The number of hydrogen-bond acceptors (Lipinski definition) is 11. The van der Waals surface area contributed by atoms with Crippen LogP contribution in [0.5, 0.6) is 0 Å². The molecule has 1 fully saturated rings. The fraction of sp³-hybridized carbons (Fsp3) is 0.500. The van der Waals surface area contributed by atoms with Crippen LogP contribution in [0, 0.1) is 12.3 Å². The number of carbonyl (C=O) groups excluding carboxylic acids is 4. The molecule has 1 aliphatic rings. The van der Waals surface area contributed by atoms with Gasteiger partial charge in [0.1, 0.15) is 25.3 Å². The number of aryl methyl sites for hydroxylation is 1. The smallest absolute Gasteiger partial charge is 0.308 e. The lowest BCUT2D eigenvalue weighted by Gasteiger charge is -2.35. The molecular weight excluding hydrogens is 689 g/mol. The van der Waals surface area contributed by atoms with Gasteiger partial charge >= 0.3 is 5.97 Å². The van der Waals surface area contributed by atoms with Gasteiger partial charge < -0.3 is 39.6 Å². The Bertz CT molecular complexity index is 1590. The molecule has 3 atom stereocenters. The van der Waals surface area contributed by atoms with E-state index in [0.717, 1.165) is 27.3 Å². The summed E-state index contributed by atoms with van der Waals surface area (Å²) in [6, 6.07) is 15.4. The van der Waals surface area contributed by atoms with Gasteiger partial charge in [0.05, 0.1) is 61.6 Å². The molecule has 1 aromatic heterocycles. The Morgan fingerprint density at radius 1 is 0.942 bits per heavy atom. The van der Waals surface area contributed by atoms with E-state index in [2.05, 4.69) is 15.6 Å². The Morgan fingerprint density at radius 3 is 2.27 bits per heavy atom. The molecule has 14 heteroatoms. The van der Waals surface area contributed by atoms with Crippen LogP contribution < -0.4 is 10.6 Å². The van der Waals surface area contributed by atoms with Crippen molar-refractivity contribution in [2.45, 2.75) is 71.9 Å². The molecule has 0 bridgehead atoms. The van der Waals surface area contributed by atoms with Gasteiger partial charge in [-0.15, -0.1) is 11.3 Å². The van der Waals surface area contributed by atoms with E-state index in [9.17, 15) is 24.3 Å². The Balaban J connectivity index is 1.13. The minimum Gasteiger partial charge on any atom is -0.461 e. The summed E-state index contributed by atoms with van der Waals surface area (Å²) in [6.07, 6.45) is -0.631. The van der Waals surface area contributed by atoms with Crippen molar-refractivity contribution in [2.75, 3.05) is 46.2 Å². The number of ether oxygens (including phenoxy) is 4. The Labute approximate surface area is 309 Å². The van der Waals surface area contributed by atoms with Crippen LogP contribution in [0.15, 0.2) is 60.1 Å². The van der Waals surface area contributed by atoms with Crippen molar-refractivity contribution in [3.63, 3.8) is 0 Å². The first-order valence-electron chi connectivity index (χ1n) is 17.4. The van der Waals surface area contributed by atoms with Crippen LogP contribution >= 0.6 is 11.3 Å². The molecule has 52 heavy (non-hydrogen) atoms. The summed E-state index contributed by atoms with van der Waals surface area (Å²) in [5.74, 6) is -1.66. The van der Waals surface area contributed by atoms with Gasteiger partial charge in [-0.1, -0.05) is 75.4 Å². The summed E-state index contributed by atoms with van der Waals surface area (Å²) in [4.78, 5) is 58.5. The second-order valence-corrected chi connectivity index (χ2v) is 14.5. The van der Waals surface area contributed by atoms with Crippen molar-refractivity contribution >= 4 is 35.0 Å². The van der Waals surface area contributed by atoms with Crippen molar-refractivity contribution < 1.29 is 43.2 Å². The summed E-state index contributed by atoms with van der Waals surface area (Å²) >= 11 is 1.57. The second kappa shape index (κ2) is 20.1. The van der Waals surface area contributed by atoms with Gasteiger partial charge in [0.15, 0.2) is 0 Å². The maximum Gasteiger partial charge on any atom is 0.308 e. The molecule has 1 aliphatic heterocycles. The summed E-state index contributed by atoms with van der Waals surface area (Å²) in [5.41, 5.74) is 4.94. The molecule has 0 aliphatic carbocycles. The van der Waals surface area contributed by atoms with E-state index in [4.69, 9.17) is 18.9 Å². The van der Waals surface area contributed by atoms with Gasteiger partial charge in [0.2, 0.25) is 17.7 Å². The SMILES string of the molecule is Cc1ncsc1-c1ccc(CNC(=O)[C@@H]2C[C@@H](O)CN2C(=O)[C@@H](NC(=O)COCCOCCOCCC(=O)OCc2ccccc2)C(C)(C)C)cc1. The number of amides is 3. The summed E-state index contributed by atoms with van der Waals surface area (Å²) in [7, 11) is 0. The van der Waals surface area contributed by atoms with Crippen LogP contribution in [0.3, 0.4) is 0 Å². The number of thiazole rings is 1. The number of aliphatic hydroxyl groups excluding tert-OH is 1. The minimum atomic E-state index is -0.962. The fourth-order valence-electron chi connectivity index (χ4n) is 5.55. The lowest BCUT2D eigenvalue weighted by atomic mass is 9.85. The second-order valence-electron chi connectivity index (χ2n) is 13.6. The lowest BCUT2D eigenvalue weighted by Crippen LogP contribution is -2.58. The molecule has 0 radical (unpaired) electrons. The minimum absolute atomic E-state index is 0.0157. The number of rotatable bonds is 19. The van der Waals surface area contributed by atoms with E-state index in [1.807, 2.05) is 87.8 Å². The van der Waals surface area contributed by atoms with Crippen LogP contribution in [0.4, 0.5) is 0 Å². The van der Waals surface area contributed by atoms with Crippen LogP contribution in [-0.4, -0.2) is 103 Å². The third-order valence-corrected chi connectivity index (χ3v) is 9.36. The quantitative estimate of drug-likeness (QED) is 0.123. The van der Waals surface area contributed by atoms with Crippen LogP contribution in [0.25, 0.3) is 10.4 Å². The molecule has 1 saturated heterocycles. The number of aliphatic hydroxyl groups is 1. The number of carbonyl (C=O) groups is 4. The molecule has 0 spiro atoms. The zero-order valence-corrected chi connectivity index (χ0v) is 31.1.